The SMILES string of the molecule is O=S(=O)(C1CC1)N1CCC(Nc2ccc(F)cc2S(=O)(=O)C(F)(F)F)CC1. The molecule has 27 heavy (non-hydrogen) atoms. The number of hydrogen-bond donors (Lipinski definition) is 1. The van der Waals surface area contributed by atoms with Crippen LogP contribution < -0.4 is 5.32 Å². The van der Waals surface area contributed by atoms with Crippen LogP contribution in [-0.2, 0) is 19.9 Å². The van der Waals surface area contributed by atoms with E-state index in [9.17, 15) is 34.4 Å². The lowest BCUT2D eigenvalue weighted by atomic mass is 10.1. The van der Waals surface area contributed by atoms with Crippen LogP contribution in [0.3, 0.4) is 0 Å². The van der Waals surface area contributed by atoms with Gasteiger partial charge in [-0.1, -0.05) is 0 Å². The van der Waals surface area contributed by atoms with Gasteiger partial charge < -0.3 is 5.32 Å². The predicted molar refractivity (Wildman–Crippen MR) is 89.8 cm³/mol. The molecule has 1 heterocycles. The van der Waals surface area contributed by atoms with Crippen molar-refractivity contribution in [3.63, 3.8) is 0 Å². The summed E-state index contributed by atoms with van der Waals surface area (Å²) >= 11 is 0. The Morgan fingerprint density at radius 1 is 1.00 bits per heavy atom. The second kappa shape index (κ2) is 6.89. The van der Waals surface area contributed by atoms with Crippen molar-refractivity contribution < 1.29 is 34.4 Å². The van der Waals surface area contributed by atoms with E-state index in [1.807, 2.05) is 0 Å². The van der Waals surface area contributed by atoms with Gasteiger partial charge >= 0.3 is 5.51 Å². The summed E-state index contributed by atoms with van der Waals surface area (Å²) < 4.78 is 101. The lowest BCUT2D eigenvalue weighted by Gasteiger charge is -2.32. The van der Waals surface area contributed by atoms with Gasteiger partial charge in [0.1, 0.15) is 10.7 Å². The standard InChI is InChI=1S/C15H18F4N2O4S2/c16-10-1-4-13(14(9-10)26(22,23)15(17,18)19)20-11-5-7-21(8-6-11)27(24,25)12-2-3-12/h1,4,9,11-12,20H,2-3,5-8H2. The zero-order valence-electron chi connectivity index (χ0n) is 14.0. The summed E-state index contributed by atoms with van der Waals surface area (Å²) in [5, 5.41) is 2.36. The topological polar surface area (TPSA) is 83.6 Å². The van der Waals surface area contributed by atoms with Gasteiger partial charge in [-0.2, -0.15) is 13.2 Å². The van der Waals surface area contributed by atoms with Gasteiger partial charge in [-0.15, -0.1) is 0 Å². The quantitative estimate of drug-likeness (QED) is 0.726. The first-order valence-corrected chi connectivity index (χ1v) is 11.3. The summed E-state index contributed by atoms with van der Waals surface area (Å²) in [7, 11) is -9.06. The fourth-order valence-corrected chi connectivity index (χ4v) is 5.82. The lowest BCUT2D eigenvalue weighted by Crippen LogP contribution is -2.43. The summed E-state index contributed by atoms with van der Waals surface area (Å²) in [6.45, 7) is 0.387. The number of halogens is 4. The van der Waals surface area contributed by atoms with Gasteiger partial charge in [0.15, 0.2) is 0 Å². The Labute approximate surface area is 154 Å². The van der Waals surface area contributed by atoms with E-state index in [-0.39, 0.29) is 24.0 Å². The van der Waals surface area contributed by atoms with Crippen LogP contribution in [-0.4, -0.2) is 51.0 Å². The molecule has 0 unspecified atom stereocenters. The van der Waals surface area contributed by atoms with Gasteiger partial charge in [0.25, 0.3) is 9.84 Å². The highest BCUT2D eigenvalue weighted by molar-refractivity contribution is 7.92. The maximum absolute atomic E-state index is 13.4. The van der Waals surface area contributed by atoms with Gasteiger partial charge in [0, 0.05) is 19.1 Å². The first-order valence-electron chi connectivity index (χ1n) is 8.29. The molecule has 1 aliphatic heterocycles. The molecule has 0 radical (unpaired) electrons. The Morgan fingerprint density at radius 2 is 1.59 bits per heavy atom. The van der Waals surface area contributed by atoms with Crippen LogP contribution in [0.4, 0.5) is 23.2 Å². The van der Waals surface area contributed by atoms with Crippen molar-refractivity contribution in [1.29, 1.82) is 0 Å². The molecule has 1 aromatic rings. The van der Waals surface area contributed by atoms with Crippen molar-refractivity contribution >= 4 is 25.5 Å². The molecule has 6 nitrogen and oxygen atoms in total. The van der Waals surface area contributed by atoms with Crippen LogP contribution in [0.2, 0.25) is 0 Å². The molecule has 0 atom stereocenters. The Balaban J connectivity index is 1.76. The summed E-state index contributed by atoms with van der Waals surface area (Å²) in [5.41, 5.74) is -5.91. The maximum atomic E-state index is 13.4. The molecule has 152 valence electrons. The normalized spacial score (nSPS) is 20.6. The van der Waals surface area contributed by atoms with Crippen molar-refractivity contribution in [1.82, 2.24) is 4.31 Å². The molecule has 1 N–H and O–H groups in total. The summed E-state index contributed by atoms with van der Waals surface area (Å²) in [4.78, 5) is -1.18. The smallest absolute Gasteiger partial charge is 0.381 e. The van der Waals surface area contributed by atoms with Gasteiger partial charge in [-0.3, -0.25) is 0 Å². The number of piperidine rings is 1. The van der Waals surface area contributed by atoms with E-state index in [1.54, 1.807) is 0 Å². The van der Waals surface area contributed by atoms with Gasteiger partial charge in [0.05, 0.1) is 10.9 Å². The number of benzene rings is 1. The highest BCUT2D eigenvalue weighted by atomic mass is 32.2. The largest absolute Gasteiger partial charge is 0.501 e. The zero-order valence-corrected chi connectivity index (χ0v) is 15.7. The highest BCUT2D eigenvalue weighted by Crippen LogP contribution is 2.36. The Kier molecular flexibility index (Phi) is 5.19. The lowest BCUT2D eigenvalue weighted by molar-refractivity contribution is -0.0435. The molecule has 2 aliphatic rings. The number of nitrogens with zero attached hydrogens (tertiary/aromatic N) is 1. The predicted octanol–water partition coefficient (Wildman–Crippen LogP) is 2.49. The minimum absolute atomic E-state index is 0.194. The molecular weight excluding hydrogens is 412 g/mol. The van der Waals surface area contributed by atoms with E-state index < -0.39 is 42.1 Å². The van der Waals surface area contributed by atoms with Crippen molar-refractivity contribution in [2.24, 2.45) is 0 Å². The number of sulfone groups is 1. The van der Waals surface area contributed by atoms with E-state index in [0.717, 1.165) is 12.1 Å². The van der Waals surface area contributed by atoms with Crippen LogP contribution in [0.25, 0.3) is 0 Å². The van der Waals surface area contributed by atoms with E-state index in [2.05, 4.69) is 5.32 Å². The van der Waals surface area contributed by atoms with Crippen LogP contribution >= 0.6 is 0 Å². The van der Waals surface area contributed by atoms with Crippen LogP contribution in [0.1, 0.15) is 25.7 Å². The number of sulfonamides is 1. The van der Waals surface area contributed by atoms with Gasteiger partial charge in [-0.25, -0.2) is 25.5 Å². The molecule has 12 heteroatoms. The molecule has 0 amide bonds. The molecule has 3 rings (SSSR count). The third-order valence-corrected chi connectivity index (χ3v) is 8.58. The average Bonchev–Trinajstić information content (AvgIpc) is 3.41. The Hall–Kier alpha value is -1.40. The Morgan fingerprint density at radius 3 is 2.11 bits per heavy atom. The molecule has 1 saturated carbocycles. The monoisotopic (exact) mass is 430 g/mol. The summed E-state index contributed by atoms with van der Waals surface area (Å²) in [5.74, 6) is -1.10. The third kappa shape index (κ3) is 4.06. The van der Waals surface area contributed by atoms with E-state index in [0.29, 0.717) is 31.7 Å². The van der Waals surface area contributed by atoms with Crippen LogP contribution in [0.5, 0.6) is 0 Å². The zero-order chi connectivity index (χ0) is 20.0. The number of rotatable bonds is 5. The molecule has 1 saturated heterocycles. The summed E-state index contributed by atoms with van der Waals surface area (Å²) in [6.07, 6.45) is 1.87. The Bertz CT molecular complexity index is 920. The van der Waals surface area contributed by atoms with E-state index in [4.69, 9.17) is 0 Å². The van der Waals surface area contributed by atoms with Crippen LogP contribution in [0, 0.1) is 5.82 Å². The molecule has 0 aromatic heterocycles. The second-order valence-corrected chi connectivity index (χ2v) is 10.8. The first kappa shape index (κ1) is 20.3. The van der Waals surface area contributed by atoms with E-state index in [1.165, 1.54) is 4.31 Å². The molecular formula is C15H18F4N2O4S2. The molecule has 1 aliphatic carbocycles. The van der Waals surface area contributed by atoms with Crippen molar-refractivity contribution in [2.45, 2.75) is 47.4 Å². The first-order chi connectivity index (χ1) is 12.4. The molecule has 2 fully saturated rings. The number of nitrogens with one attached hydrogen (secondary N) is 1. The molecule has 1 aromatic carbocycles. The van der Waals surface area contributed by atoms with Crippen molar-refractivity contribution in [3.05, 3.63) is 24.0 Å². The maximum Gasteiger partial charge on any atom is 0.501 e. The number of anilines is 1. The fraction of sp³-hybridized carbons (Fsp3) is 0.600. The number of alkyl halides is 3. The molecule has 0 spiro atoms. The van der Waals surface area contributed by atoms with Gasteiger partial charge in [0.2, 0.25) is 10.0 Å². The van der Waals surface area contributed by atoms with Crippen molar-refractivity contribution in [2.75, 3.05) is 18.4 Å². The minimum atomic E-state index is -5.73. The third-order valence-electron chi connectivity index (χ3n) is 4.66. The molecule has 0 bridgehead atoms. The minimum Gasteiger partial charge on any atom is -0.381 e. The average molecular weight is 430 g/mol. The van der Waals surface area contributed by atoms with E-state index >= 15 is 0 Å². The van der Waals surface area contributed by atoms with Gasteiger partial charge in [-0.05, 0) is 43.9 Å². The highest BCUT2D eigenvalue weighted by Gasteiger charge is 2.48. The number of hydrogen-bond acceptors (Lipinski definition) is 5. The second-order valence-electron chi connectivity index (χ2n) is 6.65. The van der Waals surface area contributed by atoms with Crippen molar-refractivity contribution in [3.8, 4) is 0 Å². The summed E-state index contributed by atoms with van der Waals surface area (Å²) in [6, 6.07) is 1.71. The van der Waals surface area contributed by atoms with Crippen LogP contribution in [0.15, 0.2) is 23.1 Å². The fourth-order valence-electron chi connectivity index (χ4n) is 3.01.